The SMILES string of the molecule is CC(C)/C=C/C=C/C(=O)NC1=CC(O)(CCC(N)=O)C=CC1=O. The average molecular weight is 318 g/mol. The fourth-order valence-corrected chi connectivity index (χ4v) is 1.86. The van der Waals surface area contributed by atoms with Gasteiger partial charge in [-0.3, -0.25) is 14.4 Å². The monoisotopic (exact) mass is 318 g/mol. The molecule has 2 amide bonds. The minimum Gasteiger partial charge on any atom is -0.382 e. The minimum atomic E-state index is -1.48. The largest absolute Gasteiger partial charge is 0.382 e. The van der Waals surface area contributed by atoms with Gasteiger partial charge in [-0.15, -0.1) is 0 Å². The predicted octanol–water partition coefficient (Wildman–Crippen LogP) is 0.890. The Kier molecular flexibility index (Phi) is 6.65. The van der Waals surface area contributed by atoms with Crippen molar-refractivity contribution in [2.24, 2.45) is 11.7 Å². The second kappa shape index (κ2) is 8.24. The van der Waals surface area contributed by atoms with E-state index in [2.05, 4.69) is 5.32 Å². The molecule has 1 unspecified atom stereocenters. The Morgan fingerprint density at radius 1 is 1.39 bits per heavy atom. The summed E-state index contributed by atoms with van der Waals surface area (Å²) in [5.74, 6) is -1.09. The van der Waals surface area contributed by atoms with Gasteiger partial charge in [-0.25, -0.2) is 0 Å². The lowest BCUT2D eigenvalue weighted by Gasteiger charge is -2.24. The van der Waals surface area contributed by atoms with Crippen LogP contribution in [-0.2, 0) is 14.4 Å². The van der Waals surface area contributed by atoms with Crippen LogP contribution in [0.4, 0.5) is 0 Å². The Balaban J connectivity index is 2.73. The van der Waals surface area contributed by atoms with E-state index in [9.17, 15) is 19.5 Å². The molecule has 0 aliphatic heterocycles. The van der Waals surface area contributed by atoms with Crippen LogP contribution in [0.25, 0.3) is 0 Å². The summed E-state index contributed by atoms with van der Waals surface area (Å²) in [5.41, 5.74) is 3.55. The Labute approximate surface area is 135 Å². The molecule has 1 atom stereocenters. The number of hydrogen-bond donors (Lipinski definition) is 3. The quantitative estimate of drug-likeness (QED) is 0.478. The standard InChI is InChI=1S/C17H22N2O4/c1-12(2)5-3-4-6-16(22)19-13-11-17(23,9-7-14(13)20)10-8-15(18)21/h3-7,9,11-12,23H,8,10H2,1-2H3,(H2,18,21)(H,19,22)/b5-3+,6-4+. The molecule has 6 heteroatoms. The van der Waals surface area contributed by atoms with Crippen LogP contribution < -0.4 is 11.1 Å². The predicted molar refractivity (Wildman–Crippen MR) is 86.9 cm³/mol. The van der Waals surface area contributed by atoms with Gasteiger partial charge in [0.05, 0.1) is 5.70 Å². The number of primary amides is 1. The minimum absolute atomic E-state index is 0.0260. The van der Waals surface area contributed by atoms with Gasteiger partial charge in [-0.05, 0) is 30.6 Å². The molecular formula is C17H22N2O4. The van der Waals surface area contributed by atoms with Gasteiger partial charge in [0.1, 0.15) is 5.60 Å². The summed E-state index contributed by atoms with van der Waals surface area (Å²) in [6, 6.07) is 0. The number of rotatable bonds is 7. The van der Waals surface area contributed by atoms with Crippen LogP contribution in [0.5, 0.6) is 0 Å². The van der Waals surface area contributed by atoms with E-state index < -0.39 is 23.2 Å². The molecule has 0 aromatic heterocycles. The topological polar surface area (TPSA) is 109 Å². The maximum atomic E-state index is 11.8. The van der Waals surface area contributed by atoms with Crippen LogP contribution in [0.2, 0.25) is 0 Å². The molecule has 23 heavy (non-hydrogen) atoms. The van der Waals surface area contributed by atoms with Crippen LogP contribution in [-0.4, -0.2) is 28.3 Å². The normalized spacial score (nSPS) is 21.2. The van der Waals surface area contributed by atoms with Crippen molar-refractivity contribution in [1.82, 2.24) is 5.32 Å². The lowest BCUT2D eigenvalue weighted by atomic mass is 9.90. The lowest BCUT2D eigenvalue weighted by Crippen LogP contribution is -2.35. The number of allylic oxidation sites excluding steroid dienone is 4. The van der Waals surface area contributed by atoms with Gasteiger partial charge in [0, 0.05) is 12.5 Å². The number of amides is 2. The highest BCUT2D eigenvalue weighted by atomic mass is 16.3. The Hall–Kier alpha value is -2.47. The fourth-order valence-electron chi connectivity index (χ4n) is 1.86. The van der Waals surface area contributed by atoms with Crippen molar-refractivity contribution < 1.29 is 19.5 Å². The van der Waals surface area contributed by atoms with Gasteiger partial charge in [-0.1, -0.05) is 32.1 Å². The number of aliphatic hydroxyl groups is 1. The summed E-state index contributed by atoms with van der Waals surface area (Å²) >= 11 is 0. The molecule has 1 aliphatic rings. The molecule has 4 N–H and O–H groups in total. The Morgan fingerprint density at radius 3 is 2.70 bits per heavy atom. The fraction of sp³-hybridized carbons (Fsp3) is 0.353. The van der Waals surface area contributed by atoms with E-state index in [1.165, 1.54) is 24.3 Å². The van der Waals surface area contributed by atoms with Gasteiger partial charge >= 0.3 is 0 Å². The molecule has 0 heterocycles. The van der Waals surface area contributed by atoms with E-state index in [-0.39, 0.29) is 18.5 Å². The van der Waals surface area contributed by atoms with E-state index in [0.717, 1.165) is 0 Å². The number of nitrogens with two attached hydrogens (primary N) is 1. The third-order valence-electron chi connectivity index (χ3n) is 3.07. The maximum absolute atomic E-state index is 11.8. The van der Waals surface area contributed by atoms with Crippen molar-refractivity contribution in [3.05, 3.63) is 48.2 Å². The summed E-state index contributed by atoms with van der Waals surface area (Å²) in [6.45, 7) is 4.02. The van der Waals surface area contributed by atoms with Crippen LogP contribution in [0.3, 0.4) is 0 Å². The Morgan fingerprint density at radius 2 is 2.09 bits per heavy atom. The summed E-state index contributed by atoms with van der Waals surface area (Å²) in [5, 5.41) is 12.7. The Bertz CT molecular complexity index is 600. The molecule has 1 aliphatic carbocycles. The van der Waals surface area contributed by atoms with E-state index in [1.807, 2.05) is 19.9 Å². The molecule has 1 rings (SSSR count). The van der Waals surface area contributed by atoms with Crippen LogP contribution in [0.1, 0.15) is 26.7 Å². The molecule has 0 saturated heterocycles. The van der Waals surface area contributed by atoms with Crippen molar-refractivity contribution >= 4 is 17.6 Å². The van der Waals surface area contributed by atoms with Gasteiger partial charge in [-0.2, -0.15) is 0 Å². The van der Waals surface area contributed by atoms with E-state index in [4.69, 9.17) is 5.73 Å². The summed E-state index contributed by atoms with van der Waals surface area (Å²) in [6.07, 6.45) is 10.2. The molecule has 124 valence electrons. The van der Waals surface area contributed by atoms with Gasteiger partial charge in [0.25, 0.3) is 0 Å². The van der Waals surface area contributed by atoms with Crippen molar-refractivity contribution in [1.29, 1.82) is 0 Å². The number of nitrogens with one attached hydrogen (secondary N) is 1. The molecule has 0 fully saturated rings. The van der Waals surface area contributed by atoms with E-state index in [0.29, 0.717) is 5.92 Å². The first-order valence-corrected chi connectivity index (χ1v) is 7.35. The van der Waals surface area contributed by atoms with Crippen LogP contribution >= 0.6 is 0 Å². The van der Waals surface area contributed by atoms with Gasteiger partial charge in [0.2, 0.25) is 17.6 Å². The highest BCUT2D eigenvalue weighted by molar-refractivity contribution is 6.08. The highest BCUT2D eigenvalue weighted by Crippen LogP contribution is 2.22. The second-order valence-electron chi connectivity index (χ2n) is 5.69. The third kappa shape index (κ3) is 6.88. The third-order valence-corrected chi connectivity index (χ3v) is 3.07. The van der Waals surface area contributed by atoms with Crippen molar-refractivity contribution in [3.8, 4) is 0 Å². The average Bonchev–Trinajstić information content (AvgIpc) is 2.46. The zero-order valence-corrected chi connectivity index (χ0v) is 13.3. The number of ketones is 1. The summed E-state index contributed by atoms with van der Waals surface area (Å²) in [7, 11) is 0. The maximum Gasteiger partial charge on any atom is 0.248 e. The second-order valence-corrected chi connectivity index (χ2v) is 5.69. The molecule has 6 nitrogen and oxygen atoms in total. The van der Waals surface area contributed by atoms with Crippen molar-refractivity contribution in [2.45, 2.75) is 32.3 Å². The first-order valence-electron chi connectivity index (χ1n) is 7.35. The van der Waals surface area contributed by atoms with Crippen molar-refractivity contribution in [2.75, 3.05) is 0 Å². The molecule has 0 radical (unpaired) electrons. The molecule has 0 aromatic rings. The lowest BCUT2D eigenvalue weighted by molar-refractivity contribution is -0.119. The van der Waals surface area contributed by atoms with E-state index >= 15 is 0 Å². The zero-order valence-electron chi connectivity index (χ0n) is 13.3. The zero-order chi connectivity index (χ0) is 17.5. The summed E-state index contributed by atoms with van der Waals surface area (Å²) < 4.78 is 0. The smallest absolute Gasteiger partial charge is 0.248 e. The van der Waals surface area contributed by atoms with Crippen LogP contribution in [0, 0.1) is 5.92 Å². The molecule has 0 aromatic carbocycles. The molecular weight excluding hydrogens is 296 g/mol. The van der Waals surface area contributed by atoms with E-state index in [1.54, 1.807) is 12.2 Å². The van der Waals surface area contributed by atoms with Crippen LogP contribution in [0.15, 0.2) is 48.2 Å². The first-order chi connectivity index (χ1) is 10.7. The highest BCUT2D eigenvalue weighted by Gasteiger charge is 2.28. The number of carbonyl (C=O) groups is 3. The molecule has 0 saturated carbocycles. The molecule has 0 bridgehead atoms. The summed E-state index contributed by atoms with van der Waals surface area (Å²) in [4.78, 5) is 34.4. The van der Waals surface area contributed by atoms with Crippen molar-refractivity contribution in [3.63, 3.8) is 0 Å². The molecule has 0 spiro atoms. The van der Waals surface area contributed by atoms with Gasteiger partial charge < -0.3 is 16.2 Å². The first kappa shape index (κ1) is 18.6. The number of hydrogen-bond acceptors (Lipinski definition) is 4. The number of carbonyl (C=O) groups excluding carboxylic acids is 3. The van der Waals surface area contributed by atoms with Gasteiger partial charge in [0.15, 0.2) is 0 Å².